The van der Waals surface area contributed by atoms with Crippen molar-refractivity contribution < 1.29 is 14.3 Å². The van der Waals surface area contributed by atoms with Crippen LogP contribution in [0.5, 0.6) is 0 Å². The van der Waals surface area contributed by atoms with Crippen LogP contribution in [0.1, 0.15) is 32.6 Å². The molecule has 1 aliphatic rings. The Kier molecular flexibility index (Phi) is 5.67. The number of likely N-dealkylation sites (tertiary alicyclic amines) is 1. The molecule has 0 aromatic heterocycles. The number of unbranched alkanes of at least 4 members (excludes halogenated alkanes) is 1. The summed E-state index contributed by atoms with van der Waals surface area (Å²) in [7, 11) is 0. The van der Waals surface area contributed by atoms with E-state index in [2.05, 4.69) is 5.32 Å². The Morgan fingerprint density at radius 1 is 1.31 bits per heavy atom. The number of hydrogen-bond donors (Lipinski definition) is 1. The van der Waals surface area contributed by atoms with Crippen molar-refractivity contribution in [1.29, 1.82) is 0 Å². The van der Waals surface area contributed by atoms with E-state index in [1.165, 1.54) is 0 Å². The van der Waals surface area contributed by atoms with Crippen molar-refractivity contribution in [2.75, 3.05) is 26.2 Å². The topological polar surface area (TPSA) is 58.6 Å². The Labute approximate surface area is 96.1 Å². The molecule has 1 aliphatic heterocycles. The highest BCUT2D eigenvalue weighted by molar-refractivity contribution is 5.82. The number of rotatable bonds is 5. The molecular formula is C11H20N2O3. The van der Waals surface area contributed by atoms with Gasteiger partial charge >= 0.3 is 6.09 Å². The molecule has 0 atom stereocenters. The number of carbonyl (C=O) groups is 2. The third-order valence-corrected chi connectivity index (χ3v) is 2.57. The first-order valence-electron chi connectivity index (χ1n) is 5.92. The van der Waals surface area contributed by atoms with Crippen molar-refractivity contribution in [3.05, 3.63) is 0 Å². The number of carbonyl (C=O) groups excluding carboxylic acids is 2. The highest BCUT2D eigenvalue weighted by Gasteiger charge is 2.18. The third-order valence-electron chi connectivity index (χ3n) is 2.57. The molecule has 1 saturated heterocycles. The zero-order valence-electron chi connectivity index (χ0n) is 9.83. The van der Waals surface area contributed by atoms with Gasteiger partial charge < -0.3 is 15.0 Å². The summed E-state index contributed by atoms with van der Waals surface area (Å²) in [6.07, 6.45) is 3.47. The number of amides is 2. The largest absolute Gasteiger partial charge is 0.450 e. The first-order valence-corrected chi connectivity index (χ1v) is 5.92. The highest BCUT2D eigenvalue weighted by atomic mass is 16.5. The van der Waals surface area contributed by atoms with Gasteiger partial charge in [0.1, 0.15) is 6.54 Å². The van der Waals surface area contributed by atoms with Crippen LogP contribution < -0.4 is 5.32 Å². The van der Waals surface area contributed by atoms with Gasteiger partial charge in [-0.1, -0.05) is 13.3 Å². The minimum atomic E-state index is -0.499. The highest BCUT2D eigenvalue weighted by Crippen LogP contribution is 2.06. The van der Waals surface area contributed by atoms with Crippen LogP contribution in [0.3, 0.4) is 0 Å². The summed E-state index contributed by atoms with van der Waals surface area (Å²) in [5, 5.41) is 2.47. The number of alkyl carbamates (subject to hydrolysis) is 1. The summed E-state index contributed by atoms with van der Waals surface area (Å²) >= 11 is 0. The van der Waals surface area contributed by atoms with Gasteiger partial charge in [-0.25, -0.2) is 4.79 Å². The average Bonchev–Trinajstić information content (AvgIpc) is 2.79. The Bertz CT molecular complexity index is 237. The fourth-order valence-electron chi connectivity index (χ4n) is 1.59. The van der Waals surface area contributed by atoms with Crippen LogP contribution in [0.25, 0.3) is 0 Å². The van der Waals surface area contributed by atoms with Gasteiger partial charge in [0, 0.05) is 13.1 Å². The van der Waals surface area contributed by atoms with E-state index in [-0.39, 0.29) is 12.5 Å². The monoisotopic (exact) mass is 228 g/mol. The van der Waals surface area contributed by atoms with Gasteiger partial charge in [0.15, 0.2) is 0 Å². The normalized spacial score (nSPS) is 14.9. The molecule has 2 amide bonds. The predicted molar refractivity (Wildman–Crippen MR) is 60.1 cm³/mol. The van der Waals surface area contributed by atoms with E-state index in [1.54, 1.807) is 4.90 Å². The summed E-state index contributed by atoms with van der Waals surface area (Å²) in [5.74, 6) is -0.0232. The molecule has 5 heteroatoms. The molecule has 0 aliphatic carbocycles. The first kappa shape index (κ1) is 12.8. The van der Waals surface area contributed by atoms with Crippen LogP contribution in [-0.2, 0) is 9.53 Å². The Morgan fingerprint density at radius 2 is 2.00 bits per heavy atom. The quantitative estimate of drug-likeness (QED) is 0.718. The van der Waals surface area contributed by atoms with E-state index in [0.717, 1.165) is 38.8 Å². The molecule has 0 unspecified atom stereocenters. The van der Waals surface area contributed by atoms with Crippen LogP contribution in [0.15, 0.2) is 0 Å². The molecule has 92 valence electrons. The van der Waals surface area contributed by atoms with E-state index in [9.17, 15) is 9.59 Å². The SMILES string of the molecule is CCCCOC(=O)NCC(=O)N1CCCC1. The summed E-state index contributed by atoms with van der Waals surface area (Å²) in [5.41, 5.74) is 0. The van der Waals surface area contributed by atoms with Crippen molar-refractivity contribution in [3.8, 4) is 0 Å². The van der Waals surface area contributed by atoms with Crippen LogP contribution in [-0.4, -0.2) is 43.1 Å². The van der Waals surface area contributed by atoms with E-state index in [0.29, 0.717) is 6.61 Å². The maximum Gasteiger partial charge on any atom is 0.407 e. The van der Waals surface area contributed by atoms with Gasteiger partial charge in [-0.3, -0.25) is 4.79 Å². The molecule has 0 bridgehead atoms. The average molecular weight is 228 g/mol. The molecule has 5 nitrogen and oxygen atoms in total. The summed E-state index contributed by atoms with van der Waals surface area (Å²) < 4.78 is 4.87. The predicted octanol–water partition coefficient (Wildman–Crippen LogP) is 1.14. The van der Waals surface area contributed by atoms with Gasteiger partial charge in [0.05, 0.1) is 6.61 Å². The zero-order valence-corrected chi connectivity index (χ0v) is 9.83. The molecule has 0 aromatic carbocycles. The lowest BCUT2D eigenvalue weighted by Gasteiger charge is -2.15. The maximum absolute atomic E-state index is 11.5. The first-order chi connectivity index (χ1) is 7.74. The fourth-order valence-corrected chi connectivity index (χ4v) is 1.59. The molecular weight excluding hydrogens is 208 g/mol. The third kappa shape index (κ3) is 4.51. The Hall–Kier alpha value is -1.26. The summed E-state index contributed by atoms with van der Waals surface area (Å²) in [6.45, 7) is 4.11. The van der Waals surface area contributed by atoms with Gasteiger partial charge in [0.2, 0.25) is 5.91 Å². The van der Waals surface area contributed by atoms with Crippen molar-refractivity contribution in [2.24, 2.45) is 0 Å². The lowest BCUT2D eigenvalue weighted by atomic mass is 10.4. The second-order valence-electron chi connectivity index (χ2n) is 3.93. The van der Waals surface area contributed by atoms with Crippen LogP contribution in [0, 0.1) is 0 Å². The minimum Gasteiger partial charge on any atom is -0.450 e. The number of nitrogens with one attached hydrogen (secondary N) is 1. The van der Waals surface area contributed by atoms with Crippen molar-refractivity contribution in [3.63, 3.8) is 0 Å². The van der Waals surface area contributed by atoms with Crippen LogP contribution in [0.2, 0.25) is 0 Å². The zero-order chi connectivity index (χ0) is 11.8. The maximum atomic E-state index is 11.5. The van der Waals surface area contributed by atoms with E-state index in [4.69, 9.17) is 4.74 Å². The lowest BCUT2D eigenvalue weighted by Crippen LogP contribution is -2.38. The smallest absolute Gasteiger partial charge is 0.407 e. The summed E-state index contributed by atoms with van der Waals surface area (Å²) in [6, 6.07) is 0. The van der Waals surface area contributed by atoms with Gasteiger partial charge in [0.25, 0.3) is 0 Å². The lowest BCUT2D eigenvalue weighted by molar-refractivity contribution is -0.129. The van der Waals surface area contributed by atoms with E-state index in [1.807, 2.05) is 6.92 Å². The van der Waals surface area contributed by atoms with Crippen molar-refractivity contribution >= 4 is 12.0 Å². The van der Waals surface area contributed by atoms with Gasteiger partial charge in [-0.05, 0) is 19.3 Å². The Balaban J connectivity index is 2.08. The molecule has 0 aromatic rings. The Morgan fingerprint density at radius 3 is 2.62 bits per heavy atom. The van der Waals surface area contributed by atoms with Crippen LogP contribution in [0.4, 0.5) is 4.79 Å². The molecule has 0 saturated carbocycles. The summed E-state index contributed by atoms with van der Waals surface area (Å²) in [4.78, 5) is 24.4. The van der Waals surface area contributed by atoms with E-state index < -0.39 is 6.09 Å². The molecule has 0 radical (unpaired) electrons. The molecule has 1 heterocycles. The number of nitrogens with zero attached hydrogens (tertiary/aromatic N) is 1. The second-order valence-corrected chi connectivity index (χ2v) is 3.93. The van der Waals surface area contributed by atoms with Crippen molar-refractivity contribution in [1.82, 2.24) is 10.2 Å². The van der Waals surface area contributed by atoms with Crippen molar-refractivity contribution in [2.45, 2.75) is 32.6 Å². The minimum absolute atomic E-state index is 0.0232. The molecule has 1 N–H and O–H groups in total. The standard InChI is InChI=1S/C11H20N2O3/c1-2-3-8-16-11(15)12-9-10(14)13-6-4-5-7-13/h2-9H2,1H3,(H,12,15). The van der Waals surface area contributed by atoms with Gasteiger partial charge in [-0.2, -0.15) is 0 Å². The molecule has 16 heavy (non-hydrogen) atoms. The van der Waals surface area contributed by atoms with Gasteiger partial charge in [-0.15, -0.1) is 0 Å². The molecule has 0 spiro atoms. The number of hydrogen-bond acceptors (Lipinski definition) is 3. The number of ether oxygens (including phenoxy) is 1. The molecule has 1 rings (SSSR count). The fraction of sp³-hybridized carbons (Fsp3) is 0.818. The van der Waals surface area contributed by atoms with Crippen LogP contribution >= 0.6 is 0 Å². The van der Waals surface area contributed by atoms with E-state index >= 15 is 0 Å². The molecule has 1 fully saturated rings. The second kappa shape index (κ2) is 7.09.